The Hall–Kier alpha value is 7.14. The van der Waals surface area contributed by atoms with Crippen LogP contribution in [-0.4, -0.2) is 0 Å². The minimum Gasteiger partial charge on any atom is -0.230 e. The first-order valence-corrected chi connectivity index (χ1v) is 31.1. The highest BCUT2D eigenvalue weighted by Crippen LogP contribution is 3.20. The average molecular weight is 625 g/mol. The highest BCUT2D eigenvalue weighted by atomic mass is 127. The molecule has 0 aromatic rings. The summed E-state index contributed by atoms with van der Waals surface area (Å²) in [5.41, 5.74) is 0. The molecular formula is H17INP15. The molecule has 0 aliphatic heterocycles. The van der Waals surface area contributed by atoms with E-state index in [-0.39, 0.29) is 49.4 Å². The molecule has 0 aromatic carbocycles. The first-order valence-electron chi connectivity index (χ1n) is 4.08. The monoisotopic (exact) mass is 625 g/mol. The van der Waals surface area contributed by atoms with Gasteiger partial charge in [0.2, 0.25) is 0 Å². The quantitative estimate of drug-likeness (QED) is 0.169. The molecule has 0 aliphatic rings. The predicted octanol–water partition coefficient (Wildman–Crippen LogP) is 9.03. The van der Waals surface area contributed by atoms with Crippen molar-refractivity contribution in [3.8, 4) is 0 Å². The summed E-state index contributed by atoms with van der Waals surface area (Å²) < 4.78 is 10.00. The molecule has 1 N–H and O–H groups in total. The van der Waals surface area contributed by atoms with Crippen molar-refractivity contribution in [2.45, 2.75) is 0 Å². The molecule has 0 rings (SSSR count). The summed E-state index contributed by atoms with van der Waals surface area (Å²) in [6.07, 6.45) is 0. The molecule has 0 radical (unpaired) electrons. The van der Waals surface area contributed by atoms with Crippen LogP contribution >= 0.6 is 144 Å². The Balaban J connectivity index is 5.37. The SMILES string of the molecule is [3H]N(I)P(P(P(P)P)P(P)P)P(P(P)P)P(P)P. The van der Waals surface area contributed by atoms with Crippen LogP contribution in [0.25, 0.3) is 0 Å². The molecule has 0 bridgehead atoms. The maximum absolute atomic E-state index is 8.22. The summed E-state index contributed by atoms with van der Waals surface area (Å²) in [5, 5.41) is 0. The summed E-state index contributed by atoms with van der Waals surface area (Å²) in [7, 11) is 23.7. The predicted molar refractivity (Wildman–Crippen MR) is 143 cm³/mol. The second kappa shape index (κ2) is 13.4. The van der Waals surface area contributed by atoms with E-state index in [2.05, 4.69) is 94.3 Å². The fourth-order valence-electron chi connectivity index (χ4n) is 0.740. The van der Waals surface area contributed by atoms with Crippen molar-refractivity contribution in [3.63, 3.8) is 0 Å². The van der Waals surface area contributed by atoms with Gasteiger partial charge in [-0.15, -0.1) is 71.4 Å². The summed E-state index contributed by atoms with van der Waals surface area (Å²) in [6, 6.07) is 0. The molecule has 8 atom stereocenters. The number of hydrogen-bond donors (Lipinski definition) is 1. The smallest absolute Gasteiger partial charge is 0.140 e. The van der Waals surface area contributed by atoms with Crippen LogP contribution < -0.4 is 3.29 Å². The molecule has 0 amide bonds. The first-order chi connectivity index (χ1) is 8.11. The van der Waals surface area contributed by atoms with E-state index in [1.807, 2.05) is 0 Å². The lowest BCUT2D eigenvalue weighted by molar-refractivity contribution is 1.87. The van der Waals surface area contributed by atoms with E-state index in [9.17, 15) is 0 Å². The van der Waals surface area contributed by atoms with Gasteiger partial charge in [-0.05, 0) is 27.9 Å². The lowest BCUT2D eigenvalue weighted by Crippen LogP contribution is -1.79. The molecule has 1 nitrogen and oxygen atoms in total. The standard InChI is InChI=1S/H17INP15/c1-2-11(16(12(3)4)13(5)6)17(14(7)8)15(9)10/h2H,3-10H2/i/hT. The number of nitrogens with one attached hydrogen (secondary N) is 1. The highest BCUT2D eigenvalue weighted by Gasteiger charge is 2.37. The van der Waals surface area contributed by atoms with Crippen molar-refractivity contribution >= 4 is 144 Å². The van der Waals surface area contributed by atoms with Gasteiger partial charge in [0.1, 0.15) is 1.41 Å². The van der Waals surface area contributed by atoms with Crippen LogP contribution in [0.4, 0.5) is 0 Å². The number of halogens is 1. The third-order valence-corrected chi connectivity index (χ3v) is 88.3. The zero-order chi connectivity index (χ0) is 14.6. The molecule has 17 heavy (non-hydrogen) atoms. The second-order valence-electron chi connectivity index (χ2n) is 2.40. The molecule has 0 aromatic heterocycles. The third kappa shape index (κ3) is 9.42. The van der Waals surface area contributed by atoms with Gasteiger partial charge in [0.15, 0.2) is 0 Å². The second-order valence-corrected chi connectivity index (χ2v) is 61.1. The summed E-state index contributed by atoms with van der Waals surface area (Å²) in [6.45, 7) is -0.640. The van der Waals surface area contributed by atoms with Gasteiger partial charge in [0, 0.05) is 44.3 Å². The Morgan fingerprint density at radius 1 is 0.706 bits per heavy atom. The van der Waals surface area contributed by atoms with Crippen molar-refractivity contribution in [3.05, 3.63) is 0 Å². The first kappa shape index (κ1) is 22.2. The number of rotatable bonds is 7. The fourth-order valence-corrected chi connectivity index (χ4v) is 146. The van der Waals surface area contributed by atoms with Gasteiger partial charge in [0.05, 0.1) is 0 Å². The normalized spacial score (nSPS) is 14.5. The van der Waals surface area contributed by atoms with Gasteiger partial charge in [0.25, 0.3) is 0 Å². The van der Waals surface area contributed by atoms with Crippen LogP contribution in [0, 0.1) is 0 Å². The van der Waals surface area contributed by atoms with Gasteiger partial charge >= 0.3 is 0 Å². The highest BCUT2D eigenvalue weighted by molar-refractivity contribution is 14.1. The third-order valence-electron chi connectivity index (χ3n) is 1.21. The Morgan fingerprint density at radius 2 is 0.941 bits per heavy atom. The zero-order valence-corrected chi connectivity index (χ0v) is 26.2. The van der Waals surface area contributed by atoms with Crippen molar-refractivity contribution in [2.24, 2.45) is 0 Å². The Kier molecular flexibility index (Phi) is 17.4. The van der Waals surface area contributed by atoms with Crippen LogP contribution in [0.1, 0.15) is 0 Å². The summed E-state index contributed by atoms with van der Waals surface area (Å²) >= 11 is 2.20. The Bertz CT molecular complexity index is 191. The molecular weight excluding hydrogens is 606 g/mol. The van der Waals surface area contributed by atoms with Crippen LogP contribution in [0.3, 0.4) is 0 Å². The largest absolute Gasteiger partial charge is 0.230 e. The average Bonchev–Trinajstić information content (AvgIpc) is 2.13. The summed E-state index contributed by atoms with van der Waals surface area (Å²) in [4.78, 5) is 0. The molecule has 0 spiro atoms. The lowest BCUT2D eigenvalue weighted by Gasteiger charge is -2.40. The molecule has 0 fully saturated rings. The minimum atomic E-state index is -0.339. The van der Waals surface area contributed by atoms with Gasteiger partial charge in [-0.1, -0.05) is 0 Å². The van der Waals surface area contributed by atoms with Gasteiger partial charge < -0.3 is 0 Å². The molecule has 8 unspecified atom stereocenters. The van der Waals surface area contributed by atoms with Crippen LogP contribution in [-0.2, 0) is 0 Å². The van der Waals surface area contributed by atoms with Crippen molar-refractivity contribution in [1.29, 1.82) is 0 Å². The van der Waals surface area contributed by atoms with E-state index < -0.39 is 0 Å². The van der Waals surface area contributed by atoms with Gasteiger partial charge in [-0.25, -0.2) is 3.29 Å². The maximum atomic E-state index is 8.22. The molecule has 0 saturated carbocycles. The Labute approximate surface area is 147 Å². The molecule has 0 saturated heterocycles. The lowest BCUT2D eigenvalue weighted by atomic mass is 13.9. The van der Waals surface area contributed by atoms with Crippen molar-refractivity contribution < 1.29 is 1.41 Å². The van der Waals surface area contributed by atoms with E-state index in [4.69, 9.17) is 1.41 Å². The number of hydrogen-bond acceptors (Lipinski definition) is 1. The topological polar surface area (TPSA) is 12.0 Å². The summed E-state index contributed by atoms with van der Waals surface area (Å²) in [5.74, 6) is 0. The van der Waals surface area contributed by atoms with Gasteiger partial charge in [-0.2, -0.15) is 0 Å². The van der Waals surface area contributed by atoms with E-state index in [1.165, 1.54) is 0 Å². The molecule has 104 valence electrons. The van der Waals surface area contributed by atoms with E-state index >= 15 is 0 Å². The van der Waals surface area contributed by atoms with E-state index in [0.717, 1.165) is 0 Å². The Morgan fingerprint density at radius 3 is 1.06 bits per heavy atom. The van der Waals surface area contributed by atoms with E-state index in [0.29, 0.717) is 0 Å². The van der Waals surface area contributed by atoms with Crippen molar-refractivity contribution in [1.82, 2.24) is 3.29 Å². The fraction of sp³-hybridized carbons (Fsp3) is 0. The molecule has 0 aliphatic carbocycles. The maximum Gasteiger partial charge on any atom is 0.140 e. The van der Waals surface area contributed by atoms with Gasteiger partial charge in [-0.3, -0.25) is 0 Å². The molecule has 17 heteroatoms. The minimum absolute atomic E-state index is 0.101. The zero-order valence-electron chi connectivity index (χ0n) is 9.57. The van der Waals surface area contributed by atoms with E-state index in [1.54, 1.807) is 3.29 Å². The van der Waals surface area contributed by atoms with Crippen LogP contribution in [0.2, 0.25) is 1.41 Å². The van der Waals surface area contributed by atoms with Crippen molar-refractivity contribution in [2.75, 3.05) is 0 Å². The van der Waals surface area contributed by atoms with Crippen LogP contribution in [0.5, 0.6) is 0 Å². The van der Waals surface area contributed by atoms with Crippen LogP contribution in [0.15, 0.2) is 0 Å². The molecule has 0 heterocycles.